The standard InChI is InChI=1S/C25H27F3N6O2.2H2/c1-36-15-12-20-33-21-22(18-6-2-3-7-19(18)32-23(21)29)34(20)14-5-4-13-30-24(35)31-17-10-8-16(9-11-17)25(26,27)28;;/h2-3,6-11H,4-5,12-15H2,1H3,(H2,29,32)(H2,30,31,35);2*1H. The number of hydrogen-bond donors (Lipinski definition) is 3. The average Bonchev–Trinajstić information content (AvgIpc) is 3.21. The van der Waals surface area contributed by atoms with Gasteiger partial charge in [-0.1, -0.05) is 18.2 Å². The van der Waals surface area contributed by atoms with Crippen molar-refractivity contribution in [3.8, 4) is 0 Å². The number of anilines is 2. The monoisotopic (exact) mass is 504 g/mol. The fraction of sp³-hybridized carbons (Fsp3) is 0.320. The highest BCUT2D eigenvalue weighted by Gasteiger charge is 2.30. The fourth-order valence-electron chi connectivity index (χ4n) is 4.04. The third-order valence-electron chi connectivity index (χ3n) is 5.78. The minimum atomic E-state index is -4.42. The van der Waals surface area contributed by atoms with E-state index in [1.165, 1.54) is 12.1 Å². The van der Waals surface area contributed by atoms with Crippen molar-refractivity contribution in [3.63, 3.8) is 0 Å². The third-order valence-corrected chi connectivity index (χ3v) is 5.78. The topological polar surface area (TPSA) is 107 Å². The van der Waals surface area contributed by atoms with Crippen LogP contribution in [0.25, 0.3) is 21.9 Å². The number of urea groups is 1. The van der Waals surface area contributed by atoms with Crippen molar-refractivity contribution in [1.29, 1.82) is 0 Å². The Labute approximate surface area is 208 Å². The summed E-state index contributed by atoms with van der Waals surface area (Å²) in [6.45, 7) is 1.57. The first kappa shape index (κ1) is 25.2. The molecular weight excluding hydrogens is 473 g/mol. The molecule has 11 heteroatoms. The Bertz CT molecular complexity index is 1360. The molecule has 0 radical (unpaired) electrons. The lowest BCUT2D eigenvalue weighted by Crippen LogP contribution is -2.29. The number of ether oxygens (including phenoxy) is 1. The number of nitrogens with one attached hydrogen (secondary N) is 2. The number of para-hydroxylation sites is 1. The summed E-state index contributed by atoms with van der Waals surface area (Å²) in [5.41, 5.74) is 8.11. The molecule has 8 nitrogen and oxygen atoms in total. The molecule has 0 spiro atoms. The minimum Gasteiger partial charge on any atom is -0.384 e. The fourth-order valence-corrected chi connectivity index (χ4v) is 4.04. The number of methoxy groups -OCH3 is 1. The summed E-state index contributed by atoms with van der Waals surface area (Å²) in [5, 5.41) is 6.24. The van der Waals surface area contributed by atoms with Crippen LogP contribution in [0.15, 0.2) is 48.5 Å². The van der Waals surface area contributed by atoms with Gasteiger partial charge in [0.25, 0.3) is 0 Å². The van der Waals surface area contributed by atoms with Gasteiger partial charge in [-0.2, -0.15) is 13.2 Å². The Morgan fingerprint density at radius 3 is 2.58 bits per heavy atom. The van der Waals surface area contributed by atoms with Gasteiger partial charge in [0.2, 0.25) is 0 Å². The maximum atomic E-state index is 12.7. The number of unbranched alkanes of at least 4 members (excludes halogenated alkanes) is 1. The second-order valence-electron chi connectivity index (χ2n) is 8.30. The van der Waals surface area contributed by atoms with E-state index in [1.54, 1.807) is 7.11 Å². The zero-order valence-electron chi connectivity index (χ0n) is 19.7. The minimum absolute atomic E-state index is 0. The number of rotatable bonds is 9. The highest BCUT2D eigenvalue weighted by Crippen LogP contribution is 2.30. The number of nitrogens with two attached hydrogens (primary N) is 1. The van der Waals surface area contributed by atoms with Crippen LogP contribution in [0.1, 0.15) is 27.1 Å². The molecule has 0 bridgehead atoms. The summed E-state index contributed by atoms with van der Waals surface area (Å²) in [6, 6.07) is 11.6. The number of fused-ring (bicyclic) bond motifs is 3. The Balaban J connectivity index is 0.00000253. The number of benzene rings is 2. The molecule has 4 aromatic rings. The van der Waals surface area contributed by atoms with Crippen LogP contribution >= 0.6 is 0 Å². The Morgan fingerprint density at radius 2 is 1.86 bits per heavy atom. The van der Waals surface area contributed by atoms with Crippen molar-refractivity contribution < 1.29 is 25.6 Å². The number of amides is 2. The van der Waals surface area contributed by atoms with Crippen molar-refractivity contribution >= 4 is 39.5 Å². The number of aromatic nitrogens is 3. The molecule has 2 aromatic carbocycles. The second-order valence-corrected chi connectivity index (χ2v) is 8.30. The number of hydrogen-bond acceptors (Lipinski definition) is 5. The zero-order valence-corrected chi connectivity index (χ0v) is 19.7. The molecule has 4 N–H and O–H groups in total. The molecule has 2 amide bonds. The Morgan fingerprint density at radius 1 is 1.11 bits per heavy atom. The molecule has 0 atom stereocenters. The van der Waals surface area contributed by atoms with Crippen LogP contribution in [-0.4, -0.2) is 40.8 Å². The lowest BCUT2D eigenvalue weighted by Gasteiger charge is -2.12. The molecule has 2 heterocycles. The highest BCUT2D eigenvalue weighted by molar-refractivity contribution is 6.06. The van der Waals surface area contributed by atoms with Gasteiger partial charge in [0, 0.05) is 40.5 Å². The van der Waals surface area contributed by atoms with E-state index in [0.717, 1.165) is 40.8 Å². The summed E-state index contributed by atoms with van der Waals surface area (Å²) >= 11 is 0. The van der Waals surface area contributed by atoms with Crippen LogP contribution < -0.4 is 16.4 Å². The van der Waals surface area contributed by atoms with Crippen molar-refractivity contribution in [2.75, 3.05) is 31.3 Å². The van der Waals surface area contributed by atoms with E-state index in [2.05, 4.69) is 20.2 Å². The smallest absolute Gasteiger partial charge is 0.384 e. The Hall–Kier alpha value is -3.86. The molecular formula is C25H31F3N6O2. The molecule has 0 fully saturated rings. The molecule has 0 aliphatic rings. The van der Waals surface area contributed by atoms with Crippen LogP contribution in [-0.2, 0) is 23.9 Å². The predicted molar refractivity (Wildman–Crippen MR) is 137 cm³/mol. The molecule has 194 valence electrons. The molecule has 36 heavy (non-hydrogen) atoms. The van der Waals surface area contributed by atoms with E-state index in [1.807, 2.05) is 24.3 Å². The number of nitrogens with zero attached hydrogens (tertiary/aromatic N) is 3. The molecule has 0 saturated heterocycles. The first-order valence-electron chi connectivity index (χ1n) is 11.5. The van der Waals surface area contributed by atoms with Crippen LogP contribution in [0.4, 0.5) is 29.5 Å². The highest BCUT2D eigenvalue weighted by atomic mass is 19.4. The number of carbonyl (C=O) groups is 1. The SMILES string of the molecule is COCCc1nc2c(N)nc3ccccc3c2n1CCCCNC(=O)Nc1ccc(C(F)(F)F)cc1.[HH].[HH]. The van der Waals surface area contributed by atoms with Gasteiger partial charge in [0.05, 0.1) is 23.2 Å². The first-order chi connectivity index (χ1) is 17.3. The van der Waals surface area contributed by atoms with Gasteiger partial charge < -0.3 is 25.7 Å². The summed E-state index contributed by atoms with van der Waals surface area (Å²) in [7, 11) is 1.64. The van der Waals surface area contributed by atoms with E-state index in [4.69, 9.17) is 15.5 Å². The van der Waals surface area contributed by atoms with Crippen molar-refractivity contribution in [2.24, 2.45) is 0 Å². The molecule has 2 aromatic heterocycles. The van der Waals surface area contributed by atoms with Crippen LogP contribution in [0.3, 0.4) is 0 Å². The summed E-state index contributed by atoms with van der Waals surface area (Å²) in [4.78, 5) is 21.3. The number of alkyl halides is 3. The van der Waals surface area contributed by atoms with Crippen LogP contribution in [0.2, 0.25) is 0 Å². The van der Waals surface area contributed by atoms with Gasteiger partial charge in [-0.05, 0) is 43.2 Å². The lowest BCUT2D eigenvalue weighted by atomic mass is 10.2. The van der Waals surface area contributed by atoms with Gasteiger partial charge in [-0.25, -0.2) is 14.8 Å². The molecule has 0 unspecified atom stereocenters. The number of imidazole rings is 1. The first-order valence-corrected chi connectivity index (χ1v) is 11.5. The normalized spacial score (nSPS) is 11.8. The average molecular weight is 505 g/mol. The number of halogens is 3. The molecule has 0 aliphatic carbocycles. The quantitative estimate of drug-likeness (QED) is 0.262. The maximum Gasteiger partial charge on any atom is 0.416 e. The third kappa shape index (κ3) is 5.68. The predicted octanol–water partition coefficient (Wildman–Crippen LogP) is 5.47. The number of aryl methyl sites for hydroxylation is 1. The van der Waals surface area contributed by atoms with Crippen LogP contribution in [0, 0.1) is 0 Å². The molecule has 0 saturated carbocycles. The second kappa shape index (κ2) is 10.8. The van der Waals surface area contributed by atoms with E-state index >= 15 is 0 Å². The van der Waals surface area contributed by atoms with Gasteiger partial charge in [0.15, 0.2) is 5.82 Å². The summed E-state index contributed by atoms with van der Waals surface area (Å²) in [5.74, 6) is 1.23. The van der Waals surface area contributed by atoms with E-state index < -0.39 is 17.8 Å². The van der Waals surface area contributed by atoms with Crippen molar-refractivity contribution in [2.45, 2.75) is 32.0 Å². The lowest BCUT2D eigenvalue weighted by molar-refractivity contribution is -0.137. The number of pyridine rings is 1. The maximum absolute atomic E-state index is 12.7. The van der Waals surface area contributed by atoms with Gasteiger partial charge in [-0.15, -0.1) is 0 Å². The van der Waals surface area contributed by atoms with E-state index in [-0.39, 0.29) is 8.54 Å². The van der Waals surface area contributed by atoms with Crippen molar-refractivity contribution in [1.82, 2.24) is 19.9 Å². The zero-order chi connectivity index (χ0) is 25.7. The summed E-state index contributed by atoms with van der Waals surface area (Å²) < 4.78 is 45.4. The van der Waals surface area contributed by atoms with Crippen LogP contribution in [0.5, 0.6) is 0 Å². The number of carbonyl (C=O) groups excluding carboxylic acids is 1. The largest absolute Gasteiger partial charge is 0.416 e. The van der Waals surface area contributed by atoms with Gasteiger partial charge >= 0.3 is 12.2 Å². The Kier molecular flexibility index (Phi) is 7.58. The summed E-state index contributed by atoms with van der Waals surface area (Å²) in [6.07, 6.45) is -2.36. The molecule has 0 aliphatic heterocycles. The number of nitrogen functional groups attached to an aromatic ring is 1. The van der Waals surface area contributed by atoms with Crippen molar-refractivity contribution in [3.05, 3.63) is 59.9 Å². The van der Waals surface area contributed by atoms with Gasteiger partial charge in [0.1, 0.15) is 11.3 Å². The van der Waals surface area contributed by atoms with E-state index in [9.17, 15) is 18.0 Å². The van der Waals surface area contributed by atoms with E-state index in [0.29, 0.717) is 43.9 Å². The molecule has 4 rings (SSSR count). The van der Waals surface area contributed by atoms with Gasteiger partial charge in [-0.3, -0.25) is 0 Å².